The van der Waals surface area contributed by atoms with Crippen LogP contribution in [0.1, 0.15) is 22.9 Å². The number of aromatic nitrogens is 2. The zero-order chi connectivity index (χ0) is 14.9. The van der Waals surface area contributed by atoms with Crippen molar-refractivity contribution in [1.29, 1.82) is 0 Å². The fourth-order valence-corrected chi connectivity index (χ4v) is 3.74. The van der Waals surface area contributed by atoms with Gasteiger partial charge in [0.05, 0.1) is 11.7 Å². The zero-order valence-corrected chi connectivity index (χ0v) is 15.1. The Kier molecular flexibility index (Phi) is 5.25. The lowest BCUT2D eigenvalue weighted by atomic mass is 10.00. The number of hydrogen-bond donors (Lipinski definition) is 2. The predicted molar refractivity (Wildman–Crippen MR) is 88.6 cm³/mol. The lowest BCUT2D eigenvalue weighted by Gasteiger charge is -2.17. The van der Waals surface area contributed by atoms with E-state index in [9.17, 15) is 0 Å². The summed E-state index contributed by atoms with van der Waals surface area (Å²) in [6, 6.07) is 6.02. The average molecular weight is 423 g/mol. The molecule has 0 radical (unpaired) electrons. The number of nitrogens with two attached hydrogens (primary N) is 1. The van der Waals surface area contributed by atoms with Gasteiger partial charge in [-0.25, -0.2) is 0 Å². The molecular weight excluding hydrogens is 407 g/mol. The highest BCUT2D eigenvalue weighted by molar-refractivity contribution is 9.11. The molecule has 1 unspecified atom stereocenters. The van der Waals surface area contributed by atoms with Crippen LogP contribution in [0.2, 0.25) is 5.15 Å². The second-order valence-corrected chi connectivity index (χ2v) is 6.79. The first-order valence-corrected chi connectivity index (χ1v) is 7.99. The second kappa shape index (κ2) is 6.58. The minimum absolute atomic E-state index is 0.0378. The fourth-order valence-electron chi connectivity index (χ4n) is 2.16. The molecule has 2 rings (SSSR count). The summed E-state index contributed by atoms with van der Waals surface area (Å²) in [5.74, 6) is 5.71. The van der Waals surface area contributed by atoms with Gasteiger partial charge in [-0.05, 0) is 37.1 Å². The fraction of sp³-hybridized carbons (Fsp3) is 0.308. The molecular formula is C13H15Br2ClN4. The molecule has 2 aromatic rings. The number of nitrogens with one attached hydrogen (secondary N) is 1. The van der Waals surface area contributed by atoms with Crippen molar-refractivity contribution in [2.75, 3.05) is 0 Å². The van der Waals surface area contributed by atoms with Gasteiger partial charge in [0.25, 0.3) is 0 Å². The van der Waals surface area contributed by atoms with Crippen molar-refractivity contribution in [2.45, 2.75) is 19.4 Å². The van der Waals surface area contributed by atoms with E-state index in [1.54, 1.807) is 4.68 Å². The van der Waals surface area contributed by atoms with Gasteiger partial charge in [0.1, 0.15) is 5.15 Å². The van der Waals surface area contributed by atoms with Gasteiger partial charge in [-0.15, -0.1) is 0 Å². The van der Waals surface area contributed by atoms with Crippen LogP contribution in [0.25, 0.3) is 0 Å². The molecule has 0 bridgehead atoms. The third-order valence-corrected chi connectivity index (χ3v) is 4.55. The molecule has 3 N–H and O–H groups in total. The zero-order valence-electron chi connectivity index (χ0n) is 11.1. The lowest BCUT2D eigenvalue weighted by Crippen LogP contribution is -2.29. The Morgan fingerprint density at radius 1 is 1.35 bits per heavy atom. The van der Waals surface area contributed by atoms with Crippen LogP contribution in [-0.2, 0) is 13.5 Å². The van der Waals surface area contributed by atoms with E-state index in [1.807, 2.05) is 32.2 Å². The van der Waals surface area contributed by atoms with Gasteiger partial charge in [-0.2, -0.15) is 5.10 Å². The molecule has 0 fully saturated rings. The highest BCUT2D eigenvalue weighted by Crippen LogP contribution is 2.29. The van der Waals surface area contributed by atoms with E-state index in [4.69, 9.17) is 17.4 Å². The molecule has 0 aliphatic carbocycles. The minimum Gasteiger partial charge on any atom is -0.271 e. The van der Waals surface area contributed by atoms with E-state index in [0.717, 1.165) is 25.8 Å². The number of benzene rings is 1. The van der Waals surface area contributed by atoms with Gasteiger partial charge < -0.3 is 0 Å². The number of halogens is 3. The van der Waals surface area contributed by atoms with E-state index in [-0.39, 0.29) is 6.04 Å². The number of aryl methyl sites for hydroxylation is 2. The Labute approximate surface area is 139 Å². The standard InChI is InChI=1S/C13H15Br2ClN4/c1-7-11(13(16)20(2)19-7)6-12(18-17)8-3-9(14)5-10(15)4-8/h3-5,12,18H,6,17H2,1-2H3. The first-order chi connectivity index (χ1) is 9.42. The molecule has 7 heteroatoms. The second-order valence-electron chi connectivity index (χ2n) is 4.60. The average Bonchev–Trinajstić information content (AvgIpc) is 2.60. The van der Waals surface area contributed by atoms with Crippen molar-refractivity contribution in [3.8, 4) is 0 Å². The third-order valence-electron chi connectivity index (χ3n) is 3.17. The number of hydrazine groups is 1. The molecule has 0 saturated carbocycles. The van der Waals surface area contributed by atoms with E-state index in [0.29, 0.717) is 11.6 Å². The van der Waals surface area contributed by atoms with Gasteiger partial charge in [0, 0.05) is 21.6 Å². The molecule has 0 spiro atoms. The molecule has 4 nitrogen and oxygen atoms in total. The van der Waals surface area contributed by atoms with Crippen LogP contribution in [0.3, 0.4) is 0 Å². The van der Waals surface area contributed by atoms with Gasteiger partial charge in [0.2, 0.25) is 0 Å². The maximum absolute atomic E-state index is 6.28. The van der Waals surface area contributed by atoms with Crippen LogP contribution < -0.4 is 11.3 Å². The molecule has 1 aromatic heterocycles. The molecule has 1 heterocycles. The monoisotopic (exact) mass is 420 g/mol. The number of nitrogens with zero attached hydrogens (tertiary/aromatic N) is 2. The van der Waals surface area contributed by atoms with Crippen LogP contribution in [-0.4, -0.2) is 9.78 Å². The Morgan fingerprint density at radius 3 is 2.40 bits per heavy atom. The Balaban J connectivity index is 2.33. The summed E-state index contributed by atoms with van der Waals surface area (Å²) in [4.78, 5) is 0. The van der Waals surface area contributed by atoms with Crippen molar-refractivity contribution in [2.24, 2.45) is 12.9 Å². The van der Waals surface area contributed by atoms with Crippen LogP contribution in [0.4, 0.5) is 0 Å². The summed E-state index contributed by atoms with van der Waals surface area (Å²) in [7, 11) is 1.83. The molecule has 0 saturated heterocycles. The molecule has 108 valence electrons. The lowest BCUT2D eigenvalue weighted by molar-refractivity contribution is 0.550. The van der Waals surface area contributed by atoms with Crippen molar-refractivity contribution < 1.29 is 0 Å². The number of rotatable bonds is 4. The summed E-state index contributed by atoms with van der Waals surface area (Å²) < 4.78 is 3.67. The van der Waals surface area contributed by atoms with Crippen LogP contribution in [0, 0.1) is 6.92 Å². The summed E-state index contributed by atoms with van der Waals surface area (Å²) in [5, 5.41) is 4.97. The summed E-state index contributed by atoms with van der Waals surface area (Å²) >= 11 is 13.3. The van der Waals surface area contributed by atoms with Gasteiger partial charge in [0.15, 0.2) is 0 Å². The Hall–Kier alpha value is -0.400. The SMILES string of the molecule is Cc1nn(C)c(Cl)c1CC(NN)c1cc(Br)cc(Br)c1. The van der Waals surface area contributed by atoms with Crippen molar-refractivity contribution in [1.82, 2.24) is 15.2 Å². The Morgan fingerprint density at radius 2 is 1.95 bits per heavy atom. The molecule has 20 heavy (non-hydrogen) atoms. The Bertz CT molecular complexity index is 607. The summed E-state index contributed by atoms with van der Waals surface area (Å²) in [6.07, 6.45) is 0.678. The topological polar surface area (TPSA) is 55.9 Å². The normalized spacial score (nSPS) is 12.7. The molecule has 1 aromatic carbocycles. The van der Waals surface area contributed by atoms with E-state index in [1.165, 1.54) is 0 Å². The smallest absolute Gasteiger partial charge is 0.130 e. The van der Waals surface area contributed by atoms with E-state index in [2.05, 4.69) is 42.4 Å². The van der Waals surface area contributed by atoms with Crippen molar-refractivity contribution in [3.63, 3.8) is 0 Å². The summed E-state index contributed by atoms with van der Waals surface area (Å²) in [5.41, 5.74) is 5.86. The maximum Gasteiger partial charge on any atom is 0.130 e. The van der Waals surface area contributed by atoms with Crippen molar-refractivity contribution >= 4 is 43.5 Å². The molecule has 0 aliphatic rings. The van der Waals surface area contributed by atoms with E-state index < -0.39 is 0 Å². The maximum atomic E-state index is 6.28. The largest absolute Gasteiger partial charge is 0.271 e. The summed E-state index contributed by atoms with van der Waals surface area (Å²) in [6.45, 7) is 1.95. The van der Waals surface area contributed by atoms with Gasteiger partial charge in [-0.1, -0.05) is 43.5 Å². The quantitative estimate of drug-likeness (QED) is 0.584. The molecule has 0 amide bonds. The first-order valence-electron chi connectivity index (χ1n) is 6.02. The van der Waals surface area contributed by atoms with Crippen LogP contribution >= 0.6 is 43.5 Å². The highest BCUT2D eigenvalue weighted by Gasteiger charge is 2.18. The third kappa shape index (κ3) is 3.43. The van der Waals surface area contributed by atoms with Crippen molar-refractivity contribution in [3.05, 3.63) is 49.1 Å². The minimum atomic E-state index is -0.0378. The molecule has 1 atom stereocenters. The van der Waals surface area contributed by atoms with Gasteiger partial charge >= 0.3 is 0 Å². The molecule has 0 aliphatic heterocycles. The first kappa shape index (κ1) is 16.0. The predicted octanol–water partition coefficient (Wildman–Crippen LogP) is 3.65. The van der Waals surface area contributed by atoms with Crippen LogP contribution in [0.15, 0.2) is 27.1 Å². The van der Waals surface area contributed by atoms with Crippen LogP contribution in [0.5, 0.6) is 0 Å². The van der Waals surface area contributed by atoms with E-state index >= 15 is 0 Å². The van der Waals surface area contributed by atoms with Gasteiger partial charge in [-0.3, -0.25) is 16.0 Å². The number of hydrogen-bond acceptors (Lipinski definition) is 3. The highest BCUT2D eigenvalue weighted by atomic mass is 79.9.